The third kappa shape index (κ3) is 6.09. The lowest BCUT2D eigenvalue weighted by Gasteiger charge is -2.36. The lowest BCUT2D eigenvalue weighted by atomic mass is 10.1. The van der Waals surface area contributed by atoms with Gasteiger partial charge in [0.25, 0.3) is 0 Å². The number of amides is 1. The average Bonchev–Trinajstić information content (AvgIpc) is 3.32. The van der Waals surface area contributed by atoms with Crippen molar-refractivity contribution < 1.29 is 9.18 Å². The summed E-state index contributed by atoms with van der Waals surface area (Å²) in [5.41, 5.74) is 1.54. The Kier molecular flexibility index (Phi) is 8.51. The summed E-state index contributed by atoms with van der Waals surface area (Å²) in [7, 11) is 1.77. The summed E-state index contributed by atoms with van der Waals surface area (Å²) < 4.78 is 14.5. The number of nitrogens with one attached hydrogen (secondary N) is 1. The largest absolute Gasteiger partial charge is 0.370 e. The van der Waals surface area contributed by atoms with Gasteiger partial charge in [0, 0.05) is 66.0 Å². The van der Waals surface area contributed by atoms with Crippen molar-refractivity contribution in [3.05, 3.63) is 29.6 Å². The molecule has 172 valence electrons. The fraction of sp³-hybridized carbons (Fsp3) is 0.652. The number of hydrogen-bond donors (Lipinski definition) is 1. The molecule has 2 heterocycles. The Bertz CT molecular complexity index is 752. The minimum atomic E-state index is -0.186. The van der Waals surface area contributed by atoms with Crippen LogP contribution in [0, 0.1) is 5.82 Å². The van der Waals surface area contributed by atoms with Gasteiger partial charge in [-0.05, 0) is 44.4 Å². The van der Waals surface area contributed by atoms with Crippen LogP contribution in [0.15, 0.2) is 23.2 Å². The van der Waals surface area contributed by atoms with E-state index in [1.54, 1.807) is 13.1 Å². The van der Waals surface area contributed by atoms with E-state index in [2.05, 4.69) is 20.1 Å². The number of benzene rings is 1. The summed E-state index contributed by atoms with van der Waals surface area (Å²) in [6, 6.07) is 5.44. The number of carbonyl (C=O) groups excluding carboxylic acids is 1. The number of halogens is 1. The Morgan fingerprint density at radius 1 is 1.06 bits per heavy atom. The van der Waals surface area contributed by atoms with Gasteiger partial charge in [-0.1, -0.05) is 6.07 Å². The van der Waals surface area contributed by atoms with Gasteiger partial charge in [0.1, 0.15) is 5.82 Å². The highest BCUT2D eigenvalue weighted by molar-refractivity contribution is 5.80. The van der Waals surface area contributed by atoms with Crippen molar-refractivity contribution in [3.8, 4) is 0 Å². The highest BCUT2D eigenvalue weighted by Crippen LogP contribution is 2.20. The molecule has 2 aliphatic heterocycles. The fourth-order valence-electron chi connectivity index (χ4n) is 4.37. The lowest BCUT2D eigenvalue weighted by molar-refractivity contribution is -0.131. The number of nitrogens with zero attached hydrogens (tertiary/aromatic N) is 5. The number of anilines is 1. The second kappa shape index (κ2) is 11.3. The van der Waals surface area contributed by atoms with Crippen molar-refractivity contribution in [3.63, 3.8) is 0 Å². The van der Waals surface area contributed by atoms with E-state index in [0.717, 1.165) is 76.7 Å². The van der Waals surface area contributed by atoms with Crippen molar-refractivity contribution in [1.82, 2.24) is 20.0 Å². The molecule has 8 heteroatoms. The minimum Gasteiger partial charge on any atom is -0.370 e. The molecule has 2 fully saturated rings. The summed E-state index contributed by atoms with van der Waals surface area (Å²) in [5, 5.41) is 3.36. The van der Waals surface area contributed by atoms with Crippen molar-refractivity contribution >= 4 is 17.6 Å². The molecule has 31 heavy (non-hydrogen) atoms. The van der Waals surface area contributed by atoms with Crippen LogP contribution in [0.2, 0.25) is 0 Å². The zero-order chi connectivity index (χ0) is 22.2. The molecule has 0 spiro atoms. The number of likely N-dealkylation sites (tertiary alicyclic amines) is 1. The van der Waals surface area contributed by atoms with Crippen LogP contribution in [-0.2, 0) is 11.3 Å². The van der Waals surface area contributed by atoms with E-state index in [1.165, 1.54) is 0 Å². The Morgan fingerprint density at radius 2 is 1.74 bits per heavy atom. The number of hydrogen-bond acceptors (Lipinski definition) is 4. The molecule has 7 nitrogen and oxygen atoms in total. The molecule has 3 rings (SSSR count). The Morgan fingerprint density at radius 3 is 2.32 bits per heavy atom. The smallest absolute Gasteiger partial charge is 0.236 e. The molecule has 2 aliphatic rings. The SMILES string of the molecule is CCN(CC)c1ccc(CNC(=NC)N2CCN(CC(=O)N3CCCC3)CC2)cc1F. The van der Waals surface area contributed by atoms with E-state index in [4.69, 9.17) is 0 Å². The molecule has 0 bridgehead atoms. The summed E-state index contributed by atoms with van der Waals surface area (Å²) in [6.07, 6.45) is 2.26. The topological polar surface area (TPSA) is 54.4 Å². The van der Waals surface area contributed by atoms with E-state index in [0.29, 0.717) is 18.8 Å². The number of guanidine groups is 1. The van der Waals surface area contributed by atoms with Gasteiger partial charge in [0.05, 0.1) is 12.2 Å². The van der Waals surface area contributed by atoms with E-state index in [1.807, 2.05) is 35.8 Å². The van der Waals surface area contributed by atoms with Crippen molar-refractivity contribution in [2.75, 3.05) is 70.9 Å². The number of rotatable bonds is 7. The van der Waals surface area contributed by atoms with E-state index in [9.17, 15) is 9.18 Å². The highest BCUT2D eigenvalue weighted by Gasteiger charge is 2.24. The number of piperazine rings is 1. The molecular formula is C23H37FN6O. The van der Waals surface area contributed by atoms with Gasteiger partial charge < -0.3 is 20.0 Å². The van der Waals surface area contributed by atoms with Crippen LogP contribution >= 0.6 is 0 Å². The monoisotopic (exact) mass is 432 g/mol. The predicted octanol–water partition coefficient (Wildman–Crippen LogP) is 1.99. The van der Waals surface area contributed by atoms with Crippen LogP contribution in [0.25, 0.3) is 0 Å². The summed E-state index contributed by atoms with van der Waals surface area (Å²) in [6.45, 7) is 11.8. The fourth-order valence-corrected chi connectivity index (χ4v) is 4.37. The molecule has 2 saturated heterocycles. The van der Waals surface area contributed by atoms with Gasteiger partial charge in [-0.25, -0.2) is 4.39 Å². The summed E-state index contributed by atoms with van der Waals surface area (Å²) in [5.74, 6) is 0.886. The van der Waals surface area contributed by atoms with E-state index in [-0.39, 0.29) is 11.7 Å². The van der Waals surface area contributed by atoms with Gasteiger partial charge in [0.15, 0.2) is 5.96 Å². The van der Waals surface area contributed by atoms with Crippen LogP contribution in [0.1, 0.15) is 32.3 Å². The first kappa shape index (κ1) is 23.3. The highest BCUT2D eigenvalue weighted by atomic mass is 19.1. The molecule has 0 aromatic heterocycles. The van der Waals surface area contributed by atoms with E-state index >= 15 is 0 Å². The lowest BCUT2D eigenvalue weighted by Crippen LogP contribution is -2.54. The maximum Gasteiger partial charge on any atom is 0.236 e. The molecule has 0 unspecified atom stereocenters. The maximum atomic E-state index is 14.5. The second-order valence-electron chi connectivity index (χ2n) is 8.21. The van der Waals surface area contributed by atoms with Crippen LogP contribution in [0.4, 0.5) is 10.1 Å². The maximum absolute atomic E-state index is 14.5. The quantitative estimate of drug-likeness (QED) is 0.528. The molecule has 1 aromatic rings. The van der Waals surface area contributed by atoms with Crippen LogP contribution in [0.3, 0.4) is 0 Å². The molecule has 0 aliphatic carbocycles. The van der Waals surface area contributed by atoms with Gasteiger partial charge in [-0.3, -0.25) is 14.7 Å². The molecule has 1 aromatic carbocycles. The zero-order valence-electron chi connectivity index (χ0n) is 19.2. The van der Waals surface area contributed by atoms with Crippen molar-refractivity contribution in [1.29, 1.82) is 0 Å². The van der Waals surface area contributed by atoms with Crippen LogP contribution in [-0.4, -0.2) is 92.5 Å². The van der Waals surface area contributed by atoms with Gasteiger partial charge in [0.2, 0.25) is 5.91 Å². The molecular weight excluding hydrogens is 395 g/mol. The zero-order valence-corrected chi connectivity index (χ0v) is 19.2. The van der Waals surface area contributed by atoms with Crippen LogP contribution in [0.5, 0.6) is 0 Å². The van der Waals surface area contributed by atoms with Crippen molar-refractivity contribution in [2.24, 2.45) is 4.99 Å². The molecule has 0 radical (unpaired) electrons. The molecule has 0 saturated carbocycles. The molecule has 1 N–H and O–H groups in total. The van der Waals surface area contributed by atoms with Gasteiger partial charge >= 0.3 is 0 Å². The predicted molar refractivity (Wildman–Crippen MR) is 124 cm³/mol. The number of carbonyl (C=O) groups is 1. The Labute approximate surface area is 185 Å². The molecule has 1 amide bonds. The third-order valence-corrected chi connectivity index (χ3v) is 6.27. The normalized spacial score (nSPS) is 17.9. The number of aliphatic imine (C=N–C) groups is 1. The first-order valence-corrected chi connectivity index (χ1v) is 11.5. The summed E-state index contributed by atoms with van der Waals surface area (Å²) >= 11 is 0. The average molecular weight is 433 g/mol. The Hall–Kier alpha value is -2.35. The standard InChI is InChI=1S/C23H37FN6O/c1-4-28(5-2)21-9-8-19(16-20(21)24)17-26-23(25-3)30-14-12-27(13-15-30)18-22(31)29-10-6-7-11-29/h8-9,16H,4-7,10-15,17-18H2,1-3H3,(H,25,26). The Balaban J connectivity index is 1.47. The van der Waals surface area contributed by atoms with Crippen molar-refractivity contribution in [2.45, 2.75) is 33.2 Å². The summed E-state index contributed by atoms with van der Waals surface area (Å²) in [4.78, 5) is 25.2. The first-order valence-electron chi connectivity index (χ1n) is 11.5. The third-order valence-electron chi connectivity index (χ3n) is 6.27. The van der Waals surface area contributed by atoms with Gasteiger partial charge in [-0.2, -0.15) is 0 Å². The molecule has 0 atom stereocenters. The minimum absolute atomic E-state index is 0.186. The van der Waals surface area contributed by atoms with Crippen LogP contribution < -0.4 is 10.2 Å². The van der Waals surface area contributed by atoms with E-state index < -0.39 is 0 Å². The van der Waals surface area contributed by atoms with Gasteiger partial charge in [-0.15, -0.1) is 0 Å². The first-order chi connectivity index (χ1) is 15.0. The second-order valence-corrected chi connectivity index (χ2v) is 8.21.